The molecule has 0 radical (unpaired) electrons. The first-order valence-electron chi connectivity index (χ1n) is 11.8. The van der Waals surface area contributed by atoms with Crippen LogP contribution in [0.3, 0.4) is 0 Å². The maximum absolute atomic E-state index is 10.7. The zero-order valence-corrected chi connectivity index (χ0v) is 22.0. The fourth-order valence-electron chi connectivity index (χ4n) is 4.17. The smallest absolute Gasteiger partial charge is 0.489 e. The van der Waals surface area contributed by atoms with Crippen molar-refractivity contribution < 1.29 is 23.9 Å². The van der Waals surface area contributed by atoms with E-state index in [1.165, 1.54) is 6.07 Å². The lowest BCUT2D eigenvalue weighted by atomic mass is 10.0. The van der Waals surface area contributed by atoms with E-state index in [4.69, 9.17) is 37.6 Å². The molecule has 38 heavy (non-hydrogen) atoms. The van der Waals surface area contributed by atoms with Crippen LogP contribution in [0.1, 0.15) is 31.1 Å². The lowest BCUT2D eigenvalue weighted by Gasteiger charge is -2.11. The number of fused-ring (bicyclic) bond motifs is 1. The average Bonchev–Trinajstić information content (AvgIpc) is 3.31. The van der Waals surface area contributed by atoms with Crippen molar-refractivity contribution in [2.24, 2.45) is 0 Å². The third-order valence-electron chi connectivity index (χ3n) is 5.97. The van der Waals surface area contributed by atoms with Gasteiger partial charge in [0.2, 0.25) is 5.88 Å². The molecule has 0 unspecified atom stereocenters. The summed E-state index contributed by atoms with van der Waals surface area (Å²) in [4.78, 5) is 15.0. The van der Waals surface area contributed by atoms with E-state index in [1.54, 1.807) is 24.3 Å². The summed E-state index contributed by atoms with van der Waals surface area (Å²) in [6, 6.07) is 22.1. The van der Waals surface area contributed by atoms with E-state index >= 15 is 0 Å². The highest BCUT2D eigenvalue weighted by molar-refractivity contribution is 6.39. The minimum Gasteiger partial charge on any atom is -0.489 e. The van der Waals surface area contributed by atoms with Gasteiger partial charge in [-0.15, -0.1) is 0 Å². The Morgan fingerprint density at radius 1 is 0.974 bits per heavy atom. The molecule has 0 saturated carbocycles. The molecule has 5 rings (SSSR count). The second kappa shape index (κ2) is 10.7. The number of benzene rings is 3. The molecule has 0 bridgehead atoms. The summed E-state index contributed by atoms with van der Waals surface area (Å²) in [5.74, 6) is 1.52. The van der Waals surface area contributed by atoms with Crippen LogP contribution in [0.4, 0.5) is 4.79 Å². The molecule has 3 aromatic carbocycles. The van der Waals surface area contributed by atoms with Gasteiger partial charge in [-0.2, -0.15) is 0 Å². The maximum Gasteiger partial charge on any atom is 0.512 e. The Morgan fingerprint density at radius 3 is 2.37 bits per heavy atom. The molecule has 2 aromatic heterocycles. The number of pyridine rings is 1. The van der Waals surface area contributed by atoms with Gasteiger partial charge in [0.05, 0.1) is 21.1 Å². The van der Waals surface area contributed by atoms with Crippen molar-refractivity contribution in [2.45, 2.75) is 26.4 Å². The average molecular weight is 549 g/mol. The third-order valence-corrected chi connectivity index (χ3v) is 6.60. The minimum absolute atomic E-state index is 0.0349. The van der Waals surface area contributed by atoms with Gasteiger partial charge < -0.3 is 19.1 Å². The number of carboxylic acid groups (broad SMARTS) is 1. The molecule has 1 N–H and O–H groups in total. The monoisotopic (exact) mass is 548 g/mol. The number of aromatic nitrogens is 2. The molecule has 0 atom stereocenters. The largest absolute Gasteiger partial charge is 0.512 e. The van der Waals surface area contributed by atoms with Crippen molar-refractivity contribution in [1.82, 2.24) is 10.1 Å². The van der Waals surface area contributed by atoms with E-state index in [2.05, 4.69) is 14.9 Å². The number of rotatable bonds is 7. The van der Waals surface area contributed by atoms with Crippen molar-refractivity contribution in [3.05, 3.63) is 94.2 Å². The van der Waals surface area contributed by atoms with Crippen LogP contribution in [-0.2, 0) is 6.61 Å². The molecule has 5 aromatic rings. The SMILES string of the molecule is CC(C)c1onc(-c2c(Cl)cccc2Cl)c1COc1ccc(-c2ccc3nc(OC(=O)O)ccc3c2)cc1. The van der Waals surface area contributed by atoms with E-state index in [0.29, 0.717) is 38.3 Å². The predicted molar refractivity (Wildman–Crippen MR) is 146 cm³/mol. The summed E-state index contributed by atoms with van der Waals surface area (Å²) in [5.41, 5.74) is 4.59. The molecule has 7 nitrogen and oxygen atoms in total. The van der Waals surface area contributed by atoms with Crippen molar-refractivity contribution >= 4 is 40.3 Å². The van der Waals surface area contributed by atoms with Crippen LogP contribution in [0.15, 0.2) is 77.3 Å². The van der Waals surface area contributed by atoms with Gasteiger partial charge in [-0.1, -0.05) is 66.5 Å². The summed E-state index contributed by atoms with van der Waals surface area (Å²) < 4.78 is 16.4. The van der Waals surface area contributed by atoms with Crippen molar-refractivity contribution in [3.63, 3.8) is 0 Å². The van der Waals surface area contributed by atoms with Crippen molar-refractivity contribution in [2.75, 3.05) is 0 Å². The fraction of sp³-hybridized carbons (Fsp3) is 0.138. The fourth-order valence-corrected chi connectivity index (χ4v) is 4.74. The molecule has 0 aliphatic heterocycles. The lowest BCUT2D eigenvalue weighted by molar-refractivity contribution is 0.142. The molecular formula is C29H22Cl2N2O5. The molecule has 0 aliphatic rings. The van der Waals surface area contributed by atoms with Crippen LogP contribution in [-0.4, -0.2) is 21.4 Å². The standard InChI is InChI=1S/C29H22Cl2N2O5/c1-16(2)28-21(27(33-38-28)26-22(30)4-3-5-23(26)31)15-36-20-10-6-17(7-11-20)18-8-12-24-19(14-18)9-13-25(32-24)37-29(34)35/h3-14,16H,15H2,1-2H3,(H,34,35). The molecular weight excluding hydrogens is 527 g/mol. The predicted octanol–water partition coefficient (Wildman–Crippen LogP) is 8.62. The van der Waals surface area contributed by atoms with E-state index in [1.807, 2.05) is 56.3 Å². The van der Waals surface area contributed by atoms with Crippen LogP contribution < -0.4 is 9.47 Å². The van der Waals surface area contributed by atoms with Crippen LogP contribution in [0, 0.1) is 0 Å². The molecule has 0 fully saturated rings. The Bertz CT molecular complexity index is 1610. The summed E-state index contributed by atoms with van der Waals surface area (Å²) in [5, 5.41) is 14.9. The summed E-state index contributed by atoms with van der Waals surface area (Å²) >= 11 is 12.9. The highest BCUT2D eigenvalue weighted by atomic mass is 35.5. The Morgan fingerprint density at radius 2 is 1.68 bits per heavy atom. The molecule has 2 heterocycles. The summed E-state index contributed by atoms with van der Waals surface area (Å²) in [6.45, 7) is 4.28. The minimum atomic E-state index is -1.40. The van der Waals surface area contributed by atoms with Crippen LogP contribution in [0.25, 0.3) is 33.3 Å². The first kappa shape index (κ1) is 25.6. The Hall–Kier alpha value is -4.07. The van der Waals surface area contributed by atoms with Crippen LogP contribution in [0.2, 0.25) is 10.0 Å². The summed E-state index contributed by atoms with van der Waals surface area (Å²) in [6.07, 6.45) is -1.40. The van der Waals surface area contributed by atoms with Gasteiger partial charge in [-0.25, -0.2) is 9.78 Å². The van der Waals surface area contributed by atoms with E-state index < -0.39 is 6.16 Å². The zero-order valence-electron chi connectivity index (χ0n) is 20.4. The topological polar surface area (TPSA) is 94.7 Å². The number of hydrogen-bond acceptors (Lipinski definition) is 6. The first-order chi connectivity index (χ1) is 18.3. The van der Waals surface area contributed by atoms with Gasteiger partial charge >= 0.3 is 6.16 Å². The zero-order chi connectivity index (χ0) is 26.8. The summed E-state index contributed by atoms with van der Waals surface area (Å²) in [7, 11) is 0. The van der Waals surface area contributed by atoms with Crippen LogP contribution in [0.5, 0.6) is 11.6 Å². The number of carbonyl (C=O) groups is 1. The number of halogens is 2. The molecule has 0 saturated heterocycles. The Labute approximate surface area is 228 Å². The molecule has 9 heteroatoms. The molecule has 0 spiro atoms. The van der Waals surface area contributed by atoms with E-state index in [9.17, 15) is 4.79 Å². The number of nitrogens with zero attached hydrogens (tertiary/aromatic N) is 2. The number of ether oxygens (including phenoxy) is 2. The highest BCUT2D eigenvalue weighted by Gasteiger charge is 2.23. The van der Waals surface area contributed by atoms with Crippen molar-refractivity contribution in [3.8, 4) is 34.0 Å². The van der Waals surface area contributed by atoms with Gasteiger partial charge in [-0.05, 0) is 53.6 Å². The molecule has 192 valence electrons. The molecule has 0 amide bonds. The second-order valence-electron chi connectivity index (χ2n) is 8.86. The van der Waals surface area contributed by atoms with Gasteiger partial charge in [-0.3, -0.25) is 0 Å². The maximum atomic E-state index is 10.7. The van der Waals surface area contributed by atoms with E-state index in [-0.39, 0.29) is 18.4 Å². The number of hydrogen-bond donors (Lipinski definition) is 1. The third kappa shape index (κ3) is 5.30. The lowest BCUT2D eigenvalue weighted by Crippen LogP contribution is -2.04. The first-order valence-corrected chi connectivity index (χ1v) is 12.5. The quantitative estimate of drug-likeness (QED) is 0.203. The Kier molecular flexibility index (Phi) is 7.22. The van der Waals surface area contributed by atoms with Crippen molar-refractivity contribution in [1.29, 1.82) is 0 Å². The van der Waals surface area contributed by atoms with Gasteiger partial charge in [0.1, 0.15) is 23.8 Å². The van der Waals surface area contributed by atoms with Gasteiger partial charge in [0.25, 0.3) is 0 Å². The highest BCUT2D eigenvalue weighted by Crippen LogP contribution is 2.39. The van der Waals surface area contributed by atoms with Crippen LogP contribution >= 0.6 is 23.2 Å². The van der Waals surface area contributed by atoms with Gasteiger partial charge in [0.15, 0.2) is 0 Å². The van der Waals surface area contributed by atoms with E-state index in [0.717, 1.165) is 22.1 Å². The second-order valence-corrected chi connectivity index (χ2v) is 9.68. The van der Waals surface area contributed by atoms with Gasteiger partial charge in [0, 0.05) is 22.9 Å². The Balaban J connectivity index is 1.36. The normalized spacial score (nSPS) is 11.2. The molecule has 0 aliphatic carbocycles.